The van der Waals surface area contributed by atoms with E-state index in [1.54, 1.807) is 36.4 Å². The summed E-state index contributed by atoms with van der Waals surface area (Å²) in [6.45, 7) is 4.23. The number of ether oxygens (including phenoxy) is 1. The van der Waals surface area contributed by atoms with Crippen molar-refractivity contribution < 1.29 is 23.9 Å². The summed E-state index contributed by atoms with van der Waals surface area (Å²) in [5.41, 5.74) is 1.56. The molecule has 0 aliphatic rings. The first-order valence-electron chi connectivity index (χ1n) is 8.27. The number of Topliss-reactive ketones (excluding diaryl/α,β-unsaturated/α-hetero) is 1. The van der Waals surface area contributed by atoms with E-state index < -0.39 is 18.0 Å². The number of benzene rings is 2. The van der Waals surface area contributed by atoms with Gasteiger partial charge in [0.15, 0.2) is 11.9 Å². The van der Waals surface area contributed by atoms with Crippen LogP contribution in [0.3, 0.4) is 0 Å². The molecule has 0 heterocycles. The van der Waals surface area contributed by atoms with Crippen LogP contribution in [0.2, 0.25) is 0 Å². The lowest BCUT2D eigenvalue weighted by Crippen LogP contribution is -2.30. The number of hydrogen-bond donors (Lipinski definition) is 2. The maximum Gasteiger partial charge on any atom is 0.338 e. The first-order valence-corrected chi connectivity index (χ1v) is 8.27. The zero-order chi connectivity index (χ0) is 20.0. The number of ketones is 1. The minimum Gasteiger partial charge on any atom is -0.449 e. The summed E-state index contributed by atoms with van der Waals surface area (Å²) in [7, 11) is 0. The van der Waals surface area contributed by atoms with Crippen LogP contribution in [0.25, 0.3) is 0 Å². The molecule has 2 amide bonds. The molecule has 7 heteroatoms. The Bertz CT molecular complexity index is 891. The van der Waals surface area contributed by atoms with Gasteiger partial charge in [0, 0.05) is 23.9 Å². The SMILES string of the molecule is CC(=O)Nc1cccc(C(=O)O[C@@H](C)C(=O)Nc2cccc(C(C)=O)c2)c1. The third kappa shape index (κ3) is 5.78. The van der Waals surface area contributed by atoms with E-state index in [1.165, 1.54) is 32.9 Å². The first-order chi connectivity index (χ1) is 12.8. The van der Waals surface area contributed by atoms with Gasteiger partial charge in [-0.15, -0.1) is 0 Å². The van der Waals surface area contributed by atoms with Crippen molar-refractivity contribution in [3.63, 3.8) is 0 Å². The summed E-state index contributed by atoms with van der Waals surface area (Å²) in [6, 6.07) is 12.7. The van der Waals surface area contributed by atoms with Gasteiger partial charge in [-0.3, -0.25) is 14.4 Å². The van der Waals surface area contributed by atoms with Gasteiger partial charge in [-0.2, -0.15) is 0 Å². The van der Waals surface area contributed by atoms with Gasteiger partial charge in [-0.05, 0) is 44.2 Å². The minimum atomic E-state index is -1.05. The second-order valence-electron chi connectivity index (χ2n) is 5.94. The van der Waals surface area contributed by atoms with Crippen molar-refractivity contribution in [2.75, 3.05) is 10.6 Å². The zero-order valence-corrected chi connectivity index (χ0v) is 15.2. The molecule has 2 aromatic rings. The average molecular weight is 368 g/mol. The summed E-state index contributed by atoms with van der Waals surface area (Å²) in [6.07, 6.45) is -1.05. The normalized spacial score (nSPS) is 11.2. The molecule has 0 saturated heterocycles. The van der Waals surface area contributed by atoms with Gasteiger partial charge in [0.2, 0.25) is 5.91 Å². The lowest BCUT2D eigenvalue weighted by atomic mass is 10.1. The second-order valence-corrected chi connectivity index (χ2v) is 5.94. The topological polar surface area (TPSA) is 102 Å². The monoisotopic (exact) mass is 368 g/mol. The van der Waals surface area contributed by atoms with Crippen LogP contribution in [0.15, 0.2) is 48.5 Å². The van der Waals surface area contributed by atoms with Gasteiger partial charge in [0.05, 0.1) is 5.56 Å². The van der Waals surface area contributed by atoms with Gasteiger partial charge >= 0.3 is 5.97 Å². The van der Waals surface area contributed by atoms with Crippen molar-refractivity contribution in [2.45, 2.75) is 26.9 Å². The predicted molar refractivity (Wildman–Crippen MR) is 101 cm³/mol. The number of anilines is 2. The maximum atomic E-state index is 12.2. The number of carbonyl (C=O) groups is 4. The van der Waals surface area contributed by atoms with Gasteiger partial charge in [0.1, 0.15) is 0 Å². The van der Waals surface area contributed by atoms with Crippen LogP contribution in [-0.4, -0.2) is 29.7 Å². The van der Waals surface area contributed by atoms with Crippen molar-refractivity contribution in [3.8, 4) is 0 Å². The molecule has 0 bridgehead atoms. The molecule has 0 radical (unpaired) electrons. The Labute approximate surface area is 156 Å². The lowest BCUT2D eigenvalue weighted by Gasteiger charge is -2.14. The van der Waals surface area contributed by atoms with Gasteiger partial charge in [-0.25, -0.2) is 4.79 Å². The number of amides is 2. The van der Waals surface area contributed by atoms with Crippen LogP contribution < -0.4 is 10.6 Å². The highest BCUT2D eigenvalue weighted by Gasteiger charge is 2.19. The highest BCUT2D eigenvalue weighted by atomic mass is 16.5. The molecule has 140 valence electrons. The number of carbonyl (C=O) groups excluding carboxylic acids is 4. The maximum absolute atomic E-state index is 12.2. The van der Waals surface area contributed by atoms with Crippen molar-refractivity contribution in [1.82, 2.24) is 0 Å². The van der Waals surface area contributed by atoms with E-state index in [2.05, 4.69) is 10.6 Å². The Morgan fingerprint density at radius 1 is 0.852 bits per heavy atom. The quantitative estimate of drug-likeness (QED) is 0.603. The number of nitrogens with one attached hydrogen (secondary N) is 2. The van der Waals surface area contributed by atoms with Crippen molar-refractivity contribution in [1.29, 1.82) is 0 Å². The summed E-state index contributed by atoms with van der Waals surface area (Å²) < 4.78 is 5.18. The summed E-state index contributed by atoms with van der Waals surface area (Å²) in [5.74, 6) is -1.60. The van der Waals surface area contributed by atoms with E-state index in [9.17, 15) is 19.2 Å². The molecule has 0 aliphatic heterocycles. The van der Waals surface area contributed by atoms with Crippen LogP contribution in [-0.2, 0) is 14.3 Å². The van der Waals surface area contributed by atoms with Crippen LogP contribution in [0.1, 0.15) is 41.5 Å². The second kappa shape index (κ2) is 8.75. The summed E-state index contributed by atoms with van der Waals surface area (Å²) >= 11 is 0. The molecule has 2 rings (SSSR count). The van der Waals surface area contributed by atoms with Gasteiger partial charge < -0.3 is 15.4 Å². The van der Waals surface area contributed by atoms with E-state index in [4.69, 9.17) is 4.74 Å². The highest BCUT2D eigenvalue weighted by Crippen LogP contribution is 2.14. The summed E-state index contributed by atoms with van der Waals surface area (Å²) in [4.78, 5) is 47.0. The molecule has 0 spiro atoms. The zero-order valence-electron chi connectivity index (χ0n) is 15.2. The number of esters is 1. The largest absolute Gasteiger partial charge is 0.449 e. The molecule has 1 atom stereocenters. The van der Waals surface area contributed by atoms with Crippen LogP contribution in [0.5, 0.6) is 0 Å². The molecule has 2 N–H and O–H groups in total. The van der Waals surface area contributed by atoms with Gasteiger partial charge in [0.25, 0.3) is 5.91 Å². The lowest BCUT2D eigenvalue weighted by molar-refractivity contribution is -0.123. The van der Waals surface area contributed by atoms with E-state index in [1.807, 2.05) is 0 Å². The fourth-order valence-corrected chi connectivity index (χ4v) is 2.27. The Kier molecular flexibility index (Phi) is 6.43. The van der Waals surface area contributed by atoms with E-state index >= 15 is 0 Å². The number of hydrogen-bond acceptors (Lipinski definition) is 5. The van der Waals surface area contributed by atoms with Crippen LogP contribution >= 0.6 is 0 Å². The minimum absolute atomic E-state index is 0.121. The molecule has 0 aromatic heterocycles. The van der Waals surface area contributed by atoms with Crippen molar-refractivity contribution in [3.05, 3.63) is 59.7 Å². The molecule has 0 saturated carbocycles. The number of rotatable bonds is 6. The van der Waals surface area contributed by atoms with Crippen LogP contribution in [0.4, 0.5) is 11.4 Å². The molecular formula is C20H20N2O5. The fraction of sp³-hybridized carbons (Fsp3) is 0.200. The molecule has 0 unspecified atom stereocenters. The third-order valence-corrected chi connectivity index (χ3v) is 3.61. The van der Waals surface area contributed by atoms with E-state index in [0.29, 0.717) is 16.9 Å². The molecule has 0 aliphatic carbocycles. The van der Waals surface area contributed by atoms with E-state index in [0.717, 1.165) is 0 Å². The average Bonchev–Trinajstić information content (AvgIpc) is 2.61. The molecule has 27 heavy (non-hydrogen) atoms. The molecular weight excluding hydrogens is 348 g/mol. The molecule has 0 fully saturated rings. The van der Waals surface area contributed by atoms with Crippen molar-refractivity contribution >= 4 is 34.9 Å². The Hall–Kier alpha value is -3.48. The highest BCUT2D eigenvalue weighted by molar-refractivity contribution is 6.00. The molecule has 2 aromatic carbocycles. The molecule has 7 nitrogen and oxygen atoms in total. The van der Waals surface area contributed by atoms with Crippen molar-refractivity contribution in [2.24, 2.45) is 0 Å². The fourth-order valence-electron chi connectivity index (χ4n) is 2.27. The predicted octanol–water partition coefficient (Wildman–Crippen LogP) is 3.03. The van der Waals surface area contributed by atoms with Gasteiger partial charge in [-0.1, -0.05) is 18.2 Å². The first kappa shape index (κ1) is 19.8. The van der Waals surface area contributed by atoms with E-state index in [-0.39, 0.29) is 17.3 Å². The smallest absolute Gasteiger partial charge is 0.338 e. The third-order valence-electron chi connectivity index (χ3n) is 3.61. The Morgan fingerprint density at radius 2 is 1.41 bits per heavy atom. The Morgan fingerprint density at radius 3 is 2.00 bits per heavy atom. The standard InChI is InChI=1S/C20H20N2O5/c1-12(23)15-6-4-9-18(10-15)22-19(25)13(2)27-20(26)16-7-5-8-17(11-16)21-14(3)24/h4-11,13H,1-3H3,(H,21,24)(H,22,25)/t13-/m0/s1. The van der Waals surface area contributed by atoms with Crippen LogP contribution in [0, 0.1) is 0 Å². The summed E-state index contributed by atoms with van der Waals surface area (Å²) in [5, 5.41) is 5.18. The Balaban J connectivity index is 2.01.